The average Bonchev–Trinajstić information content (AvgIpc) is 2.55. The summed E-state index contributed by atoms with van der Waals surface area (Å²) in [5, 5.41) is 3.77. The van der Waals surface area contributed by atoms with Crippen molar-refractivity contribution in [3.63, 3.8) is 0 Å². The van der Waals surface area contributed by atoms with Gasteiger partial charge in [0.25, 0.3) is 0 Å². The number of hydrogen-bond donors (Lipinski definition) is 1. The summed E-state index contributed by atoms with van der Waals surface area (Å²) in [5.74, 6) is 0.917. The van der Waals surface area contributed by atoms with Crippen molar-refractivity contribution in [2.45, 2.75) is 38.1 Å². The van der Waals surface area contributed by atoms with Gasteiger partial charge in [0.1, 0.15) is 5.76 Å². The van der Waals surface area contributed by atoms with E-state index in [1.807, 2.05) is 13.1 Å². The molecule has 16 heavy (non-hydrogen) atoms. The Kier molecular flexibility index (Phi) is 4.08. The van der Waals surface area contributed by atoms with E-state index in [1.165, 1.54) is 31.3 Å². The number of likely N-dealkylation sites (N-methyl/N-ethyl adjacent to an activating group) is 1. The van der Waals surface area contributed by atoms with Gasteiger partial charge in [-0.15, -0.1) is 0 Å². The van der Waals surface area contributed by atoms with Crippen LogP contribution in [0.2, 0.25) is 5.22 Å². The fraction of sp³-hybridized carbons (Fsp3) is 0.538. The summed E-state index contributed by atoms with van der Waals surface area (Å²) in [5.41, 5.74) is 1.44. The molecule has 0 saturated heterocycles. The van der Waals surface area contributed by atoms with Crippen molar-refractivity contribution in [1.29, 1.82) is 0 Å². The summed E-state index contributed by atoms with van der Waals surface area (Å²) in [6.45, 7) is 0. The number of rotatable bonds is 3. The molecule has 1 aliphatic rings. The maximum atomic E-state index is 5.82. The summed E-state index contributed by atoms with van der Waals surface area (Å²) in [7, 11) is 1.97. The molecular weight excluding hydrogens is 222 g/mol. The molecule has 1 aliphatic carbocycles. The van der Waals surface area contributed by atoms with E-state index >= 15 is 0 Å². The van der Waals surface area contributed by atoms with Gasteiger partial charge in [-0.05, 0) is 62.0 Å². The summed E-state index contributed by atoms with van der Waals surface area (Å²) in [6.07, 6.45) is 8.60. The maximum absolute atomic E-state index is 5.82. The van der Waals surface area contributed by atoms with Crippen LogP contribution >= 0.6 is 11.6 Å². The first kappa shape index (κ1) is 11.7. The molecule has 88 valence electrons. The molecule has 0 radical (unpaired) electrons. The van der Waals surface area contributed by atoms with Crippen LogP contribution in [0.15, 0.2) is 28.2 Å². The molecule has 1 heterocycles. The molecule has 2 rings (SSSR count). The third-order valence-electron chi connectivity index (χ3n) is 3.11. The molecule has 0 bridgehead atoms. The summed E-state index contributed by atoms with van der Waals surface area (Å²) < 4.78 is 5.49. The summed E-state index contributed by atoms with van der Waals surface area (Å²) >= 11 is 5.82. The van der Waals surface area contributed by atoms with Gasteiger partial charge in [0.05, 0.1) is 6.04 Å². The van der Waals surface area contributed by atoms with Gasteiger partial charge in [-0.3, -0.25) is 0 Å². The normalized spacial score (nSPS) is 19.0. The second-order valence-corrected chi connectivity index (χ2v) is 4.61. The number of allylic oxidation sites excluding steroid dienone is 1. The van der Waals surface area contributed by atoms with Gasteiger partial charge in [0.2, 0.25) is 0 Å². The lowest BCUT2D eigenvalue weighted by atomic mass is 10.0. The Balaban J connectivity index is 2.18. The zero-order chi connectivity index (χ0) is 11.4. The maximum Gasteiger partial charge on any atom is 0.193 e. The lowest BCUT2D eigenvalue weighted by Crippen LogP contribution is -2.18. The minimum Gasteiger partial charge on any atom is -0.448 e. The number of hydrogen-bond acceptors (Lipinski definition) is 2. The van der Waals surface area contributed by atoms with Gasteiger partial charge in [-0.25, -0.2) is 0 Å². The second-order valence-electron chi connectivity index (χ2n) is 4.24. The molecule has 1 aromatic rings. The standard InChI is InChI=1S/C13H18ClNO/c1-15-13(11-8-9-12(14)16-11)10-6-4-2-3-5-7-10/h6,8-9,13,15H,2-5,7H2,1H3. The van der Waals surface area contributed by atoms with Gasteiger partial charge in [0.15, 0.2) is 5.22 Å². The molecule has 1 aromatic heterocycles. The Bertz CT molecular complexity index is 370. The first-order chi connectivity index (χ1) is 7.81. The lowest BCUT2D eigenvalue weighted by Gasteiger charge is -2.17. The monoisotopic (exact) mass is 239 g/mol. The predicted molar refractivity (Wildman–Crippen MR) is 66.7 cm³/mol. The highest BCUT2D eigenvalue weighted by Crippen LogP contribution is 2.30. The third-order valence-corrected chi connectivity index (χ3v) is 3.32. The molecule has 0 aromatic carbocycles. The Morgan fingerprint density at radius 2 is 2.19 bits per heavy atom. The van der Waals surface area contributed by atoms with Gasteiger partial charge >= 0.3 is 0 Å². The van der Waals surface area contributed by atoms with Crippen molar-refractivity contribution >= 4 is 11.6 Å². The van der Waals surface area contributed by atoms with Crippen LogP contribution in [-0.4, -0.2) is 7.05 Å². The smallest absolute Gasteiger partial charge is 0.193 e. The topological polar surface area (TPSA) is 25.2 Å². The fourth-order valence-corrected chi connectivity index (χ4v) is 2.45. The van der Waals surface area contributed by atoms with E-state index < -0.39 is 0 Å². The van der Waals surface area contributed by atoms with E-state index in [-0.39, 0.29) is 6.04 Å². The van der Waals surface area contributed by atoms with Crippen LogP contribution in [0.4, 0.5) is 0 Å². The van der Waals surface area contributed by atoms with Crippen molar-refractivity contribution in [2.24, 2.45) is 0 Å². The molecule has 0 amide bonds. The van der Waals surface area contributed by atoms with Crippen LogP contribution < -0.4 is 5.32 Å². The molecule has 2 nitrogen and oxygen atoms in total. The van der Waals surface area contributed by atoms with Crippen LogP contribution in [0.3, 0.4) is 0 Å². The largest absolute Gasteiger partial charge is 0.448 e. The van der Waals surface area contributed by atoms with E-state index in [0.29, 0.717) is 5.22 Å². The van der Waals surface area contributed by atoms with Crippen LogP contribution in [0, 0.1) is 0 Å². The minimum atomic E-state index is 0.186. The molecule has 0 fully saturated rings. The minimum absolute atomic E-state index is 0.186. The molecule has 0 aliphatic heterocycles. The number of nitrogens with one attached hydrogen (secondary N) is 1. The van der Waals surface area contributed by atoms with Gasteiger partial charge in [-0.1, -0.05) is 12.5 Å². The zero-order valence-electron chi connectivity index (χ0n) is 9.63. The Morgan fingerprint density at radius 1 is 1.31 bits per heavy atom. The SMILES string of the molecule is CNC(C1=CCCCCC1)c1ccc(Cl)o1. The molecule has 1 N–H and O–H groups in total. The van der Waals surface area contributed by atoms with E-state index in [4.69, 9.17) is 16.0 Å². The predicted octanol–water partition coefficient (Wildman–Crippen LogP) is 4.08. The van der Waals surface area contributed by atoms with Crippen molar-refractivity contribution in [3.8, 4) is 0 Å². The van der Waals surface area contributed by atoms with Gasteiger partial charge in [-0.2, -0.15) is 0 Å². The summed E-state index contributed by atoms with van der Waals surface area (Å²) in [6, 6.07) is 3.94. The first-order valence-corrected chi connectivity index (χ1v) is 6.30. The van der Waals surface area contributed by atoms with E-state index in [1.54, 1.807) is 6.07 Å². The molecule has 0 spiro atoms. The number of halogens is 1. The third kappa shape index (κ3) is 2.69. The van der Waals surface area contributed by atoms with Crippen LogP contribution in [0.1, 0.15) is 43.9 Å². The molecule has 1 unspecified atom stereocenters. The Hall–Kier alpha value is -0.730. The highest BCUT2D eigenvalue weighted by atomic mass is 35.5. The van der Waals surface area contributed by atoms with E-state index in [2.05, 4.69) is 11.4 Å². The van der Waals surface area contributed by atoms with Crippen LogP contribution in [-0.2, 0) is 0 Å². The highest BCUT2D eigenvalue weighted by Gasteiger charge is 2.18. The highest BCUT2D eigenvalue weighted by molar-refractivity contribution is 6.28. The van der Waals surface area contributed by atoms with Crippen molar-refractivity contribution in [1.82, 2.24) is 5.32 Å². The van der Waals surface area contributed by atoms with E-state index in [0.717, 1.165) is 12.2 Å². The molecule has 1 atom stereocenters. The van der Waals surface area contributed by atoms with Gasteiger partial charge in [0, 0.05) is 0 Å². The van der Waals surface area contributed by atoms with Crippen molar-refractivity contribution in [3.05, 3.63) is 34.8 Å². The molecular formula is C13H18ClNO. The lowest BCUT2D eigenvalue weighted by molar-refractivity contribution is 0.454. The molecule has 0 saturated carbocycles. The van der Waals surface area contributed by atoms with Crippen LogP contribution in [0.25, 0.3) is 0 Å². The van der Waals surface area contributed by atoms with Gasteiger partial charge < -0.3 is 9.73 Å². The average molecular weight is 240 g/mol. The Morgan fingerprint density at radius 3 is 2.88 bits per heavy atom. The van der Waals surface area contributed by atoms with Crippen LogP contribution in [0.5, 0.6) is 0 Å². The van der Waals surface area contributed by atoms with E-state index in [9.17, 15) is 0 Å². The fourth-order valence-electron chi connectivity index (χ4n) is 2.30. The Labute approximate surface area is 102 Å². The first-order valence-electron chi connectivity index (χ1n) is 5.92. The quantitative estimate of drug-likeness (QED) is 0.804. The summed E-state index contributed by atoms with van der Waals surface area (Å²) in [4.78, 5) is 0. The second kappa shape index (κ2) is 5.55. The number of furan rings is 1. The van der Waals surface area contributed by atoms with Crippen molar-refractivity contribution in [2.75, 3.05) is 7.05 Å². The molecule has 3 heteroatoms. The zero-order valence-corrected chi connectivity index (χ0v) is 10.4. The van der Waals surface area contributed by atoms with Crippen molar-refractivity contribution < 1.29 is 4.42 Å².